The molecule has 178 valence electrons. The Morgan fingerprint density at radius 1 is 1.27 bits per heavy atom. The molecule has 7 nitrogen and oxygen atoms in total. The highest BCUT2D eigenvalue weighted by Crippen LogP contribution is 2.31. The summed E-state index contributed by atoms with van der Waals surface area (Å²) in [5, 5.41) is 0. The van der Waals surface area contributed by atoms with Crippen LogP contribution in [0.25, 0.3) is 10.2 Å². The van der Waals surface area contributed by atoms with Crippen LogP contribution in [0.2, 0.25) is 4.34 Å². The molecule has 1 saturated heterocycles. The van der Waals surface area contributed by atoms with Crippen molar-refractivity contribution in [3.63, 3.8) is 0 Å². The number of hydrogen-bond acceptors (Lipinski definition) is 6. The SMILES string of the molecule is CCOCCn1c(=NC(=O)C2CCCN(S(=O)(=O)c3ccc(Cl)s3)C2)sc2cc(C)ccc21. The molecule has 0 spiro atoms. The van der Waals surface area contributed by atoms with E-state index in [1.54, 1.807) is 6.07 Å². The quantitative estimate of drug-likeness (QED) is 0.429. The summed E-state index contributed by atoms with van der Waals surface area (Å²) < 4.78 is 36.6. The number of amides is 1. The molecule has 1 fully saturated rings. The molecule has 3 aromatic rings. The molecule has 33 heavy (non-hydrogen) atoms. The predicted molar refractivity (Wildman–Crippen MR) is 132 cm³/mol. The van der Waals surface area contributed by atoms with Gasteiger partial charge in [-0.3, -0.25) is 4.79 Å². The molecule has 0 saturated carbocycles. The number of ether oxygens (including phenoxy) is 1. The van der Waals surface area contributed by atoms with E-state index in [0.717, 1.165) is 27.1 Å². The Kier molecular flexibility index (Phi) is 7.72. The minimum atomic E-state index is -3.67. The van der Waals surface area contributed by atoms with Crippen LogP contribution in [-0.4, -0.2) is 49.5 Å². The summed E-state index contributed by atoms with van der Waals surface area (Å²) in [5.74, 6) is -0.760. The van der Waals surface area contributed by atoms with Gasteiger partial charge >= 0.3 is 0 Å². The number of hydrogen-bond donors (Lipinski definition) is 0. The Labute approximate surface area is 206 Å². The topological polar surface area (TPSA) is 81.0 Å². The van der Waals surface area contributed by atoms with E-state index >= 15 is 0 Å². The summed E-state index contributed by atoms with van der Waals surface area (Å²) in [6, 6.07) is 9.25. The standard InChI is InChI=1S/C22H26ClN3O4S3/c1-3-30-12-11-26-17-7-6-15(2)13-18(17)31-22(26)24-21(27)16-5-4-10-25(14-16)33(28,29)20-9-8-19(23)32-20/h6-9,13,16H,3-5,10-12,14H2,1-2H3. The van der Waals surface area contributed by atoms with Crippen LogP contribution in [0.1, 0.15) is 25.3 Å². The van der Waals surface area contributed by atoms with E-state index in [0.29, 0.717) is 48.3 Å². The first-order valence-electron chi connectivity index (χ1n) is 10.8. The fraction of sp³-hybridized carbons (Fsp3) is 0.455. The number of aryl methyl sites for hydroxylation is 1. The molecule has 1 amide bonds. The third-order valence-electron chi connectivity index (χ3n) is 5.58. The number of fused-ring (bicyclic) bond motifs is 1. The van der Waals surface area contributed by atoms with Crippen molar-refractivity contribution in [2.75, 3.05) is 26.3 Å². The fourth-order valence-corrected chi connectivity index (χ4v) is 8.21. The molecular formula is C22H26ClN3O4S3. The molecular weight excluding hydrogens is 502 g/mol. The van der Waals surface area contributed by atoms with Gasteiger partial charge in [-0.1, -0.05) is 29.0 Å². The van der Waals surface area contributed by atoms with Gasteiger partial charge in [-0.2, -0.15) is 9.30 Å². The molecule has 4 rings (SSSR count). The second-order valence-corrected chi connectivity index (χ2v) is 12.8. The van der Waals surface area contributed by atoms with Crippen LogP contribution in [-0.2, 0) is 26.1 Å². The molecule has 2 aromatic heterocycles. The number of sulfonamides is 1. The monoisotopic (exact) mass is 527 g/mol. The minimum Gasteiger partial charge on any atom is -0.380 e. The van der Waals surface area contributed by atoms with Gasteiger partial charge in [-0.05, 0) is 56.5 Å². The average molecular weight is 528 g/mol. The van der Waals surface area contributed by atoms with Gasteiger partial charge in [0.25, 0.3) is 15.9 Å². The second-order valence-electron chi connectivity index (χ2n) is 7.92. The fourth-order valence-electron chi connectivity index (χ4n) is 3.89. The highest BCUT2D eigenvalue weighted by molar-refractivity contribution is 7.91. The third kappa shape index (κ3) is 5.41. The normalized spacial score (nSPS) is 18.3. The lowest BCUT2D eigenvalue weighted by atomic mass is 9.99. The van der Waals surface area contributed by atoms with Gasteiger partial charge < -0.3 is 9.30 Å². The molecule has 1 aromatic carbocycles. The second kappa shape index (κ2) is 10.4. The van der Waals surface area contributed by atoms with Gasteiger partial charge in [0, 0.05) is 26.2 Å². The zero-order chi connectivity index (χ0) is 23.6. The molecule has 0 radical (unpaired) electrons. The number of aromatic nitrogens is 1. The van der Waals surface area contributed by atoms with Gasteiger partial charge in [-0.15, -0.1) is 11.3 Å². The number of benzene rings is 1. The van der Waals surface area contributed by atoms with E-state index in [2.05, 4.69) is 11.1 Å². The van der Waals surface area contributed by atoms with Crippen LogP contribution in [0, 0.1) is 12.8 Å². The molecule has 1 atom stereocenters. The number of carbonyl (C=O) groups excluding carboxylic acids is 1. The Bertz CT molecular complexity index is 1330. The van der Waals surface area contributed by atoms with Crippen LogP contribution >= 0.6 is 34.3 Å². The van der Waals surface area contributed by atoms with Gasteiger partial charge in [0.1, 0.15) is 4.21 Å². The van der Waals surface area contributed by atoms with Gasteiger partial charge in [0.15, 0.2) is 4.80 Å². The molecule has 1 aliphatic rings. The van der Waals surface area contributed by atoms with Crippen molar-refractivity contribution >= 4 is 60.4 Å². The summed E-state index contributed by atoms with van der Waals surface area (Å²) in [7, 11) is -3.67. The van der Waals surface area contributed by atoms with Gasteiger partial charge in [-0.25, -0.2) is 8.42 Å². The zero-order valence-electron chi connectivity index (χ0n) is 18.5. The average Bonchev–Trinajstić information content (AvgIpc) is 3.37. The molecule has 3 heterocycles. The predicted octanol–water partition coefficient (Wildman–Crippen LogP) is 4.29. The maximum absolute atomic E-state index is 13.2. The molecule has 1 unspecified atom stereocenters. The van der Waals surface area contributed by atoms with E-state index in [-0.39, 0.29) is 16.7 Å². The van der Waals surface area contributed by atoms with Gasteiger partial charge in [0.05, 0.1) is 27.1 Å². The zero-order valence-corrected chi connectivity index (χ0v) is 21.7. The number of halogens is 1. The van der Waals surface area contributed by atoms with E-state index < -0.39 is 15.9 Å². The van der Waals surface area contributed by atoms with E-state index in [9.17, 15) is 13.2 Å². The van der Waals surface area contributed by atoms with Crippen LogP contribution in [0.5, 0.6) is 0 Å². The Balaban J connectivity index is 1.61. The van der Waals surface area contributed by atoms with Crippen molar-refractivity contribution in [1.82, 2.24) is 8.87 Å². The highest BCUT2D eigenvalue weighted by Gasteiger charge is 2.34. The summed E-state index contributed by atoms with van der Waals surface area (Å²) in [6.07, 6.45) is 1.22. The van der Waals surface area contributed by atoms with Crippen LogP contribution in [0.4, 0.5) is 0 Å². The number of thiophene rings is 1. The summed E-state index contributed by atoms with van der Waals surface area (Å²) in [5.41, 5.74) is 2.15. The maximum Gasteiger partial charge on any atom is 0.252 e. The number of rotatable bonds is 7. The maximum atomic E-state index is 13.2. The Hall–Kier alpha value is -1.56. The third-order valence-corrected chi connectivity index (χ3v) is 10.2. The van der Waals surface area contributed by atoms with Crippen molar-refractivity contribution < 1.29 is 17.9 Å². The van der Waals surface area contributed by atoms with Crippen LogP contribution in [0.3, 0.4) is 0 Å². The number of carbonyl (C=O) groups is 1. The van der Waals surface area contributed by atoms with E-state index in [1.807, 2.05) is 30.5 Å². The van der Waals surface area contributed by atoms with Crippen molar-refractivity contribution in [3.8, 4) is 0 Å². The Morgan fingerprint density at radius 2 is 2.09 bits per heavy atom. The highest BCUT2D eigenvalue weighted by atomic mass is 35.5. The lowest BCUT2D eigenvalue weighted by molar-refractivity contribution is -0.122. The summed E-state index contributed by atoms with van der Waals surface area (Å²) >= 11 is 8.43. The van der Waals surface area contributed by atoms with Crippen molar-refractivity contribution in [3.05, 3.63) is 45.0 Å². The minimum absolute atomic E-state index is 0.128. The van der Waals surface area contributed by atoms with Crippen molar-refractivity contribution in [2.24, 2.45) is 10.9 Å². The summed E-state index contributed by atoms with van der Waals surface area (Å²) in [4.78, 5) is 18.2. The first kappa shape index (κ1) is 24.6. The lowest BCUT2D eigenvalue weighted by Crippen LogP contribution is -2.42. The number of nitrogens with zero attached hydrogens (tertiary/aromatic N) is 3. The van der Waals surface area contributed by atoms with Crippen LogP contribution in [0.15, 0.2) is 39.5 Å². The first-order valence-corrected chi connectivity index (χ1v) is 14.3. The molecule has 11 heteroatoms. The smallest absolute Gasteiger partial charge is 0.252 e. The van der Waals surface area contributed by atoms with Gasteiger partial charge in [0.2, 0.25) is 0 Å². The van der Waals surface area contributed by atoms with E-state index in [1.165, 1.54) is 21.7 Å². The largest absolute Gasteiger partial charge is 0.380 e. The number of piperidine rings is 1. The molecule has 0 aliphatic carbocycles. The lowest BCUT2D eigenvalue weighted by Gasteiger charge is -2.29. The molecule has 0 N–H and O–H groups in total. The molecule has 0 bridgehead atoms. The summed E-state index contributed by atoms with van der Waals surface area (Å²) in [6.45, 7) is 6.23. The first-order chi connectivity index (χ1) is 15.8. The van der Waals surface area contributed by atoms with Crippen molar-refractivity contribution in [2.45, 2.75) is 37.4 Å². The molecule has 1 aliphatic heterocycles. The Morgan fingerprint density at radius 3 is 2.82 bits per heavy atom. The van der Waals surface area contributed by atoms with Crippen LogP contribution < -0.4 is 4.80 Å². The van der Waals surface area contributed by atoms with E-state index in [4.69, 9.17) is 16.3 Å². The number of thiazole rings is 1. The van der Waals surface area contributed by atoms with Crippen molar-refractivity contribution in [1.29, 1.82) is 0 Å².